The zero-order valence-corrected chi connectivity index (χ0v) is 13.3. The van der Waals surface area contributed by atoms with Crippen molar-refractivity contribution < 1.29 is 35.5 Å². The maximum absolute atomic E-state index is 12.2. The van der Waals surface area contributed by atoms with E-state index in [1.807, 2.05) is 0 Å². The summed E-state index contributed by atoms with van der Waals surface area (Å²) < 4.78 is 65.2. The van der Waals surface area contributed by atoms with E-state index in [-0.39, 0.29) is 10.9 Å². The minimum atomic E-state index is -5.38. The van der Waals surface area contributed by atoms with Gasteiger partial charge in [0.25, 0.3) is 20.2 Å². The number of hydrogen-bond acceptors (Lipinski definition) is 6. The molecule has 124 valence electrons. The number of carbonyl (C=O) groups excluding carboxylic acids is 2. The fraction of sp³-hybridized carbons (Fsp3) is 0. The predicted molar refractivity (Wildman–Crippen MR) is 83.3 cm³/mol. The van der Waals surface area contributed by atoms with Crippen LogP contribution in [-0.4, -0.2) is 37.5 Å². The standard InChI is InChI=1S/C14H8O8S2/c15-11-9-6-5-7-3-1-2-4-8(7)10(9)13(23(17,18)19)14(12(11)16)24(20,21)22/h1-6H,(H,17,18,19)(H,20,21,22). The molecular weight excluding hydrogens is 360 g/mol. The van der Waals surface area contributed by atoms with Crippen molar-refractivity contribution >= 4 is 47.5 Å². The van der Waals surface area contributed by atoms with E-state index in [4.69, 9.17) is 0 Å². The Balaban J connectivity index is 2.67. The molecule has 8 nitrogen and oxygen atoms in total. The quantitative estimate of drug-likeness (QED) is 0.591. The molecule has 0 atom stereocenters. The summed E-state index contributed by atoms with van der Waals surface area (Å²) in [4.78, 5) is 21.2. The highest BCUT2D eigenvalue weighted by atomic mass is 32.2. The van der Waals surface area contributed by atoms with Crippen LogP contribution in [-0.2, 0) is 25.0 Å². The fourth-order valence-electron chi connectivity index (χ4n) is 2.63. The average molecular weight is 368 g/mol. The van der Waals surface area contributed by atoms with Gasteiger partial charge in [-0.1, -0.05) is 30.3 Å². The Morgan fingerprint density at radius 2 is 1.29 bits per heavy atom. The van der Waals surface area contributed by atoms with Crippen molar-refractivity contribution in [1.29, 1.82) is 0 Å². The third kappa shape index (κ3) is 2.36. The fourth-order valence-corrected chi connectivity index (χ4v) is 4.73. The van der Waals surface area contributed by atoms with Gasteiger partial charge in [0.1, 0.15) is 4.91 Å². The molecule has 2 aromatic carbocycles. The molecule has 0 amide bonds. The van der Waals surface area contributed by atoms with Gasteiger partial charge in [0.05, 0.1) is 0 Å². The Kier molecular flexibility index (Phi) is 3.46. The Labute approximate surface area is 135 Å². The van der Waals surface area contributed by atoms with Gasteiger partial charge in [-0.2, -0.15) is 16.8 Å². The summed E-state index contributed by atoms with van der Waals surface area (Å²) in [6, 6.07) is 8.67. The molecule has 1 aliphatic carbocycles. The third-order valence-corrected chi connectivity index (χ3v) is 5.49. The molecule has 3 rings (SSSR count). The number of Topliss-reactive ketones (excluding diaryl/α,β-unsaturated/α-hetero) is 2. The van der Waals surface area contributed by atoms with Crippen LogP contribution in [0.4, 0.5) is 0 Å². The topological polar surface area (TPSA) is 143 Å². The van der Waals surface area contributed by atoms with E-state index in [1.54, 1.807) is 12.1 Å². The van der Waals surface area contributed by atoms with Gasteiger partial charge in [-0.15, -0.1) is 0 Å². The lowest BCUT2D eigenvalue weighted by molar-refractivity contribution is -0.111. The van der Waals surface area contributed by atoms with Crippen LogP contribution in [0.3, 0.4) is 0 Å². The predicted octanol–water partition coefficient (Wildman–Crippen LogP) is 1.05. The van der Waals surface area contributed by atoms with E-state index in [1.165, 1.54) is 18.2 Å². The molecule has 24 heavy (non-hydrogen) atoms. The van der Waals surface area contributed by atoms with Crippen molar-refractivity contribution in [2.24, 2.45) is 0 Å². The van der Waals surface area contributed by atoms with Gasteiger partial charge in [-0.3, -0.25) is 18.7 Å². The molecule has 0 spiro atoms. The van der Waals surface area contributed by atoms with E-state index in [9.17, 15) is 35.5 Å². The zero-order chi connectivity index (χ0) is 17.9. The summed E-state index contributed by atoms with van der Waals surface area (Å²) in [6.07, 6.45) is 0. The minimum Gasteiger partial charge on any atom is -0.285 e. The van der Waals surface area contributed by atoms with Crippen molar-refractivity contribution in [2.75, 3.05) is 0 Å². The molecular formula is C14H8O8S2. The first-order valence-electron chi connectivity index (χ1n) is 6.34. The van der Waals surface area contributed by atoms with Gasteiger partial charge in [0, 0.05) is 11.1 Å². The molecule has 0 unspecified atom stereocenters. The first-order valence-corrected chi connectivity index (χ1v) is 9.22. The summed E-state index contributed by atoms with van der Waals surface area (Å²) in [6.45, 7) is 0. The average Bonchev–Trinajstić information content (AvgIpc) is 2.47. The second-order valence-electron chi connectivity index (χ2n) is 4.98. The van der Waals surface area contributed by atoms with Crippen LogP contribution < -0.4 is 0 Å². The molecule has 0 heterocycles. The van der Waals surface area contributed by atoms with Crippen LogP contribution in [0, 0.1) is 0 Å². The normalized spacial score (nSPS) is 15.8. The van der Waals surface area contributed by atoms with Gasteiger partial charge in [-0.05, 0) is 16.8 Å². The van der Waals surface area contributed by atoms with Crippen LogP contribution in [0.25, 0.3) is 15.7 Å². The highest BCUT2D eigenvalue weighted by Gasteiger charge is 2.44. The molecule has 2 N–H and O–H groups in total. The maximum Gasteiger partial charge on any atom is 0.300 e. The number of carbonyl (C=O) groups is 2. The first kappa shape index (κ1) is 16.5. The largest absolute Gasteiger partial charge is 0.300 e. The van der Waals surface area contributed by atoms with Gasteiger partial charge >= 0.3 is 0 Å². The molecule has 0 bridgehead atoms. The Morgan fingerprint density at radius 1 is 0.708 bits per heavy atom. The molecule has 0 saturated heterocycles. The Morgan fingerprint density at radius 3 is 1.88 bits per heavy atom. The maximum atomic E-state index is 12.2. The summed E-state index contributed by atoms with van der Waals surface area (Å²) >= 11 is 0. The van der Waals surface area contributed by atoms with Gasteiger partial charge in [-0.25, -0.2) is 0 Å². The zero-order valence-electron chi connectivity index (χ0n) is 11.6. The summed E-state index contributed by atoms with van der Waals surface area (Å²) in [5, 5.41) is 0.568. The number of rotatable bonds is 2. The number of fused-ring (bicyclic) bond motifs is 3. The number of allylic oxidation sites excluding steroid dienone is 1. The molecule has 0 fully saturated rings. The Hall–Kier alpha value is -2.40. The van der Waals surface area contributed by atoms with Crippen molar-refractivity contribution in [3.05, 3.63) is 52.4 Å². The van der Waals surface area contributed by atoms with Gasteiger partial charge in [0.15, 0.2) is 4.91 Å². The molecule has 0 aromatic heterocycles. The molecule has 0 aliphatic heterocycles. The van der Waals surface area contributed by atoms with E-state index in [0.717, 1.165) is 6.07 Å². The second-order valence-corrected chi connectivity index (χ2v) is 7.69. The Bertz CT molecular complexity index is 1170. The second kappa shape index (κ2) is 5.05. The van der Waals surface area contributed by atoms with Crippen LogP contribution in [0.1, 0.15) is 15.9 Å². The molecule has 1 aliphatic rings. The first-order chi connectivity index (χ1) is 11.0. The van der Waals surface area contributed by atoms with E-state index < -0.39 is 47.2 Å². The highest BCUT2D eigenvalue weighted by molar-refractivity contribution is 7.98. The molecule has 10 heteroatoms. The monoisotopic (exact) mass is 368 g/mol. The van der Waals surface area contributed by atoms with Crippen LogP contribution in [0.5, 0.6) is 0 Å². The van der Waals surface area contributed by atoms with Crippen LogP contribution in [0.15, 0.2) is 41.3 Å². The van der Waals surface area contributed by atoms with Crippen molar-refractivity contribution in [2.45, 2.75) is 0 Å². The molecule has 0 radical (unpaired) electrons. The number of hydrogen-bond donors (Lipinski definition) is 2. The smallest absolute Gasteiger partial charge is 0.285 e. The van der Waals surface area contributed by atoms with Crippen molar-refractivity contribution in [3.63, 3.8) is 0 Å². The summed E-state index contributed by atoms with van der Waals surface area (Å²) in [7, 11) is -10.6. The minimum absolute atomic E-state index is 0.129. The number of benzene rings is 2. The van der Waals surface area contributed by atoms with Crippen molar-refractivity contribution in [3.8, 4) is 0 Å². The lowest BCUT2D eigenvalue weighted by Crippen LogP contribution is -2.30. The molecule has 0 saturated carbocycles. The SMILES string of the molecule is O=C1C(=O)c2ccc3ccccc3c2C(S(=O)(=O)O)=C1S(=O)(=O)O. The summed E-state index contributed by atoms with van der Waals surface area (Å²) in [5.41, 5.74) is -0.813. The lowest BCUT2D eigenvalue weighted by atomic mass is 9.90. The number of ketones is 2. The van der Waals surface area contributed by atoms with Crippen LogP contribution in [0.2, 0.25) is 0 Å². The molecule has 2 aromatic rings. The van der Waals surface area contributed by atoms with Crippen LogP contribution >= 0.6 is 0 Å². The van der Waals surface area contributed by atoms with E-state index in [2.05, 4.69) is 0 Å². The van der Waals surface area contributed by atoms with E-state index in [0.29, 0.717) is 5.39 Å². The highest BCUT2D eigenvalue weighted by Crippen LogP contribution is 2.39. The van der Waals surface area contributed by atoms with E-state index >= 15 is 0 Å². The van der Waals surface area contributed by atoms with Gasteiger partial charge in [0.2, 0.25) is 11.6 Å². The van der Waals surface area contributed by atoms with Crippen molar-refractivity contribution in [1.82, 2.24) is 0 Å². The lowest BCUT2D eigenvalue weighted by Gasteiger charge is -2.20. The summed E-state index contributed by atoms with van der Waals surface area (Å²) in [5.74, 6) is -3.02. The third-order valence-electron chi connectivity index (χ3n) is 3.54. The van der Waals surface area contributed by atoms with Gasteiger partial charge < -0.3 is 0 Å².